The van der Waals surface area contributed by atoms with Crippen molar-refractivity contribution in [1.29, 1.82) is 0 Å². The predicted molar refractivity (Wildman–Crippen MR) is 239 cm³/mol. The minimum atomic E-state index is 1.05. The van der Waals surface area contributed by atoms with E-state index in [1.165, 1.54) is 68.7 Å². The minimum Gasteiger partial charge on any atom is -0.310 e. The molecule has 0 spiro atoms. The van der Waals surface area contributed by atoms with Crippen LogP contribution in [0.2, 0.25) is 0 Å². The third kappa shape index (κ3) is 5.58. The molecule has 55 heavy (non-hydrogen) atoms. The summed E-state index contributed by atoms with van der Waals surface area (Å²) in [4.78, 5) is 7.48. The van der Waals surface area contributed by atoms with Crippen LogP contribution in [0.15, 0.2) is 194 Å². The predicted octanol–water partition coefficient (Wildman–Crippen LogP) is 15.4. The highest BCUT2D eigenvalue weighted by atomic mass is 32.1. The molecular weight excluding hydrogens is 705 g/mol. The van der Waals surface area contributed by atoms with Gasteiger partial charge in [-0.1, -0.05) is 140 Å². The van der Waals surface area contributed by atoms with Crippen LogP contribution >= 0.6 is 22.7 Å². The molecule has 0 aliphatic heterocycles. The maximum Gasteiger partial charge on any atom is 0.124 e. The van der Waals surface area contributed by atoms with E-state index in [2.05, 4.69) is 199 Å². The molecule has 0 fully saturated rings. The van der Waals surface area contributed by atoms with Crippen LogP contribution in [0.25, 0.3) is 84.8 Å². The van der Waals surface area contributed by atoms with E-state index in [0.717, 1.165) is 33.1 Å². The molecule has 2 nitrogen and oxygen atoms in total. The highest BCUT2D eigenvalue weighted by Crippen LogP contribution is 2.45. The molecule has 4 heteroatoms. The van der Waals surface area contributed by atoms with E-state index in [1.807, 2.05) is 11.3 Å². The Balaban J connectivity index is 1.04. The number of hydrogen-bond acceptors (Lipinski definition) is 4. The molecule has 0 N–H and O–H groups in total. The highest BCUT2D eigenvalue weighted by molar-refractivity contribution is 7.26. The van der Waals surface area contributed by atoms with Crippen molar-refractivity contribution in [3.05, 3.63) is 194 Å². The van der Waals surface area contributed by atoms with Gasteiger partial charge in [0.05, 0.1) is 10.2 Å². The van der Waals surface area contributed by atoms with Gasteiger partial charge in [0.1, 0.15) is 5.01 Å². The van der Waals surface area contributed by atoms with Gasteiger partial charge >= 0.3 is 0 Å². The summed E-state index contributed by atoms with van der Waals surface area (Å²) in [6.07, 6.45) is 0. The molecule has 2 heterocycles. The fraction of sp³-hybridized carbons (Fsp3) is 0. The zero-order chi connectivity index (χ0) is 36.3. The van der Waals surface area contributed by atoms with Crippen LogP contribution in [0.4, 0.5) is 17.1 Å². The molecule has 11 aromatic rings. The molecule has 0 unspecified atom stereocenters. The van der Waals surface area contributed by atoms with E-state index >= 15 is 0 Å². The maximum absolute atomic E-state index is 5.09. The summed E-state index contributed by atoms with van der Waals surface area (Å²) in [6.45, 7) is 0. The van der Waals surface area contributed by atoms with Gasteiger partial charge in [0, 0.05) is 42.8 Å². The van der Waals surface area contributed by atoms with Crippen LogP contribution in [0.3, 0.4) is 0 Å². The van der Waals surface area contributed by atoms with Gasteiger partial charge in [-0.15, -0.1) is 22.7 Å². The number of benzene rings is 9. The van der Waals surface area contributed by atoms with Crippen molar-refractivity contribution in [2.75, 3.05) is 4.90 Å². The molecule has 0 saturated heterocycles. The standard InChI is InChI=1S/C51H32N2S2/c1-3-11-33(12-4-1)38-16-9-17-40(29-38)53(41-28-25-36-22-21-34-13-7-8-18-42(34)44(36)30-41)39-26-23-35(24-27-39)43-19-10-20-47-50(43)45-31-46-49(32-48(45)54-47)55-51(52-46)37-14-5-2-6-15-37/h1-32H. The number of fused-ring (bicyclic) bond motifs is 7. The Morgan fingerprint density at radius 2 is 1.04 bits per heavy atom. The number of thiazole rings is 1. The van der Waals surface area contributed by atoms with E-state index < -0.39 is 0 Å². The first kappa shape index (κ1) is 31.9. The number of anilines is 3. The zero-order valence-electron chi connectivity index (χ0n) is 29.7. The molecule has 9 aromatic carbocycles. The third-order valence-corrected chi connectivity index (χ3v) is 12.8. The largest absolute Gasteiger partial charge is 0.310 e. The Morgan fingerprint density at radius 3 is 1.87 bits per heavy atom. The molecular formula is C51H32N2S2. The molecule has 258 valence electrons. The Bertz CT molecular complexity index is 3200. The zero-order valence-corrected chi connectivity index (χ0v) is 31.3. The number of aromatic nitrogens is 1. The summed E-state index contributed by atoms with van der Waals surface area (Å²) in [7, 11) is 0. The minimum absolute atomic E-state index is 1.05. The van der Waals surface area contributed by atoms with Crippen molar-refractivity contribution >= 4 is 91.7 Å². The Morgan fingerprint density at radius 1 is 0.364 bits per heavy atom. The number of hydrogen-bond donors (Lipinski definition) is 0. The first-order chi connectivity index (χ1) is 27.2. The van der Waals surface area contributed by atoms with Gasteiger partial charge in [-0.05, 0) is 98.4 Å². The third-order valence-electron chi connectivity index (χ3n) is 10.7. The fourth-order valence-corrected chi connectivity index (χ4v) is 10.2. The average Bonchev–Trinajstić information content (AvgIpc) is 3.84. The Labute approximate surface area is 326 Å². The summed E-state index contributed by atoms with van der Waals surface area (Å²) in [5.74, 6) is 0. The van der Waals surface area contributed by atoms with Crippen LogP contribution < -0.4 is 4.90 Å². The maximum atomic E-state index is 5.09. The van der Waals surface area contributed by atoms with Gasteiger partial charge in [0.2, 0.25) is 0 Å². The van der Waals surface area contributed by atoms with Crippen molar-refractivity contribution in [3.63, 3.8) is 0 Å². The SMILES string of the molecule is c1ccc(-c2cccc(N(c3ccc(-c4cccc5sc6cc7sc(-c8ccccc8)nc7cc6c45)cc3)c3ccc4ccc5ccccc5c4c3)c2)cc1. The second-order valence-electron chi connectivity index (χ2n) is 14.0. The molecule has 0 aliphatic carbocycles. The summed E-state index contributed by atoms with van der Waals surface area (Å²) >= 11 is 3.63. The number of nitrogens with zero attached hydrogens (tertiary/aromatic N) is 2. The van der Waals surface area contributed by atoms with Crippen molar-refractivity contribution in [3.8, 4) is 32.8 Å². The lowest BCUT2D eigenvalue weighted by Gasteiger charge is -2.27. The monoisotopic (exact) mass is 736 g/mol. The normalized spacial score (nSPS) is 11.6. The Kier molecular flexibility index (Phi) is 7.58. The van der Waals surface area contributed by atoms with E-state index in [1.54, 1.807) is 11.3 Å². The lowest BCUT2D eigenvalue weighted by atomic mass is 9.98. The lowest BCUT2D eigenvalue weighted by Crippen LogP contribution is -2.10. The van der Waals surface area contributed by atoms with Gasteiger partial charge in [-0.2, -0.15) is 0 Å². The smallest absolute Gasteiger partial charge is 0.124 e. The van der Waals surface area contributed by atoms with Crippen molar-refractivity contribution in [2.45, 2.75) is 0 Å². The van der Waals surface area contributed by atoms with E-state index in [-0.39, 0.29) is 0 Å². The van der Waals surface area contributed by atoms with Crippen molar-refractivity contribution in [1.82, 2.24) is 4.98 Å². The Hall–Kier alpha value is -6.59. The topological polar surface area (TPSA) is 16.1 Å². The highest BCUT2D eigenvalue weighted by Gasteiger charge is 2.18. The average molecular weight is 737 g/mol. The van der Waals surface area contributed by atoms with Crippen LogP contribution in [-0.2, 0) is 0 Å². The second kappa shape index (κ2) is 13.1. The molecule has 0 saturated carbocycles. The van der Waals surface area contributed by atoms with Crippen LogP contribution in [-0.4, -0.2) is 4.98 Å². The van der Waals surface area contributed by atoms with Gasteiger partial charge in [0.15, 0.2) is 0 Å². The summed E-state index contributed by atoms with van der Waals surface area (Å²) < 4.78 is 3.81. The first-order valence-electron chi connectivity index (χ1n) is 18.5. The van der Waals surface area contributed by atoms with Gasteiger partial charge in [-0.3, -0.25) is 0 Å². The van der Waals surface area contributed by atoms with Crippen LogP contribution in [0.1, 0.15) is 0 Å². The molecule has 0 aliphatic rings. The quantitative estimate of drug-likeness (QED) is 0.158. The molecule has 0 amide bonds. The van der Waals surface area contributed by atoms with Crippen molar-refractivity contribution < 1.29 is 0 Å². The van der Waals surface area contributed by atoms with E-state index in [4.69, 9.17) is 4.98 Å². The lowest BCUT2D eigenvalue weighted by molar-refractivity contribution is 1.29. The van der Waals surface area contributed by atoms with E-state index in [9.17, 15) is 0 Å². The van der Waals surface area contributed by atoms with Gasteiger partial charge in [-0.25, -0.2) is 4.98 Å². The summed E-state index contributed by atoms with van der Waals surface area (Å²) in [5.41, 5.74) is 10.4. The van der Waals surface area contributed by atoms with E-state index in [0.29, 0.717) is 0 Å². The molecule has 2 aromatic heterocycles. The van der Waals surface area contributed by atoms with Crippen molar-refractivity contribution in [2.24, 2.45) is 0 Å². The van der Waals surface area contributed by atoms with Gasteiger partial charge in [0.25, 0.3) is 0 Å². The molecule has 0 bridgehead atoms. The fourth-order valence-electron chi connectivity index (χ4n) is 8.01. The van der Waals surface area contributed by atoms with Crippen LogP contribution in [0.5, 0.6) is 0 Å². The first-order valence-corrected chi connectivity index (χ1v) is 20.2. The van der Waals surface area contributed by atoms with Gasteiger partial charge < -0.3 is 4.90 Å². The molecule has 11 rings (SSSR count). The summed E-state index contributed by atoms with van der Waals surface area (Å²) in [6, 6.07) is 70.4. The summed E-state index contributed by atoms with van der Waals surface area (Å²) in [5, 5.41) is 8.61. The molecule has 0 radical (unpaired) electrons. The van der Waals surface area contributed by atoms with Crippen LogP contribution in [0, 0.1) is 0 Å². The second-order valence-corrected chi connectivity index (χ2v) is 16.1. The molecule has 0 atom stereocenters. The number of thiophene rings is 1. The number of rotatable bonds is 6.